The van der Waals surface area contributed by atoms with Crippen LogP contribution < -0.4 is 4.74 Å². The average molecular weight is 398 g/mol. The minimum atomic E-state index is 0.176. The second kappa shape index (κ2) is 7.94. The van der Waals surface area contributed by atoms with E-state index in [9.17, 15) is 0 Å². The van der Waals surface area contributed by atoms with Crippen molar-refractivity contribution in [1.29, 1.82) is 0 Å². The zero-order valence-corrected chi connectivity index (χ0v) is 17.2. The van der Waals surface area contributed by atoms with Crippen molar-refractivity contribution in [2.45, 2.75) is 39.3 Å². The van der Waals surface area contributed by atoms with E-state index in [1.165, 1.54) is 5.69 Å². The number of hydrogen-bond acceptors (Lipinski definition) is 4. The number of hydrogen-bond donors (Lipinski definition) is 0. The number of nitrogens with zero attached hydrogens (tertiary/aromatic N) is 3. The number of pyridine rings is 1. The number of fused-ring (bicyclic) bond motifs is 1. The molecule has 2 aromatic heterocycles. The fourth-order valence-electron chi connectivity index (χ4n) is 3.71. The van der Waals surface area contributed by atoms with Gasteiger partial charge in [-0.05, 0) is 43.7 Å². The lowest BCUT2D eigenvalue weighted by atomic mass is 10.1. The Morgan fingerprint density at radius 3 is 2.86 bits per heavy atom. The maximum Gasteiger partial charge on any atom is 0.141 e. The highest BCUT2D eigenvalue weighted by molar-refractivity contribution is 6.32. The molecule has 0 amide bonds. The van der Waals surface area contributed by atoms with Crippen LogP contribution in [0.3, 0.4) is 0 Å². The topological polar surface area (TPSA) is 49.2 Å². The van der Waals surface area contributed by atoms with Crippen LogP contribution in [0.5, 0.6) is 5.75 Å². The molecule has 0 saturated heterocycles. The molecule has 0 saturated carbocycles. The third-order valence-corrected chi connectivity index (χ3v) is 5.50. The van der Waals surface area contributed by atoms with E-state index >= 15 is 0 Å². The molecule has 3 heterocycles. The number of aryl methyl sites for hydroxylation is 1. The molecule has 0 aliphatic carbocycles. The highest BCUT2D eigenvalue weighted by Crippen LogP contribution is 2.35. The molecule has 0 fully saturated rings. The molecule has 1 atom stereocenters. The Hall–Kier alpha value is -2.37. The van der Waals surface area contributed by atoms with Crippen molar-refractivity contribution in [2.75, 3.05) is 13.7 Å². The summed E-state index contributed by atoms with van der Waals surface area (Å²) in [6, 6.07) is 9.91. The van der Waals surface area contributed by atoms with Gasteiger partial charge >= 0.3 is 0 Å². The van der Waals surface area contributed by atoms with Crippen LogP contribution in [0.2, 0.25) is 5.02 Å². The van der Waals surface area contributed by atoms with E-state index in [0.717, 1.165) is 47.7 Å². The summed E-state index contributed by atoms with van der Waals surface area (Å²) >= 11 is 6.24. The number of rotatable bonds is 4. The molecule has 6 heteroatoms. The highest BCUT2D eigenvalue weighted by Gasteiger charge is 2.25. The van der Waals surface area contributed by atoms with Gasteiger partial charge in [0.1, 0.15) is 11.6 Å². The van der Waals surface area contributed by atoms with Gasteiger partial charge in [0.05, 0.1) is 37.1 Å². The van der Waals surface area contributed by atoms with Crippen molar-refractivity contribution in [2.24, 2.45) is 0 Å². The monoisotopic (exact) mass is 397 g/mol. The van der Waals surface area contributed by atoms with Crippen LogP contribution >= 0.6 is 11.6 Å². The van der Waals surface area contributed by atoms with Crippen molar-refractivity contribution in [1.82, 2.24) is 14.5 Å². The lowest BCUT2D eigenvalue weighted by Crippen LogP contribution is -2.17. The number of ether oxygens (including phenoxy) is 2. The largest absolute Gasteiger partial charge is 0.495 e. The molecule has 0 bridgehead atoms. The third kappa shape index (κ3) is 3.52. The number of methoxy groups -OCH3 is 1. The summed E-state index contributed by atoms with van der Waals surface area (Å²) in [5.41, 5.74) is 5.24. The van der Waals surface area contributed by atoms with Gasteiger partial charge in [0, 0.05) is 35.1 Å². The van der Waals surface area contributed by atoms with Gasteiger partial charge in [-0.2, -0.15) is 0 Å². The third-order valence-electron chi connectivity index (χ3n) is 5.19. The van der Waals surface area contributed by atoms with Gasteiger partial charge < -0.3 is 14.0 Å². The van der Waals surface area contributed by atoms with E-state index in [0.29, 0.717) is 17.4 Å². The van der Waals surface area contributed by atoms with Gasteiger partial charge in [-0.1, -0.05) is 18.5 Å². The predicted molar refractivity (Wildman–Crippen MR) is 111 cm³/mol. The number of imidazole rings is 1. The summed E-state index contributed by atoms with van der Waals surface area (Å²) in [4.78, 5) is 9.40. The molecule has 0 unspecified atom stereocenters. The quantitative estimate of drug-likeness (QED) is 0.626. The molecule has 3 aromatic rings. The number of halogens is 1. The van der Waals surface area contributed by atoms with E-state index < -0.39 is 0 Å². The second-order valence-electron chi connectivity index (χ2n) is 7.03. The van der Waals surface area contributed by atoms with Crippen molar-refractivity contribution < 1.29 is 9.47 Å². The van der Waals surface area contributed by atoms with Crippen LogP contribution in [-0.2, 0) is 17.7 Å². The molecule has 5 nitrogen and oxygen atoms in total. The fraction of sp³-hybridized carbons (Fsp3) is 0.364. The van der Waals surface area contributed by atoms with Gasteiger partial charge in [0.15, 0.2) is 0 Å². The highest BCUT2D eigenvalue weighted by atomic mass is 35.5. The van der Waals surface area contributed by atoms with Gasteiger partial charge in [0.25, 0.3) is 0 Å². The normalized spacial score (nSPS) is 16.5. The van der Waals surface area contributed by atoms with Crippen LogP contribution in [0.4, 0.5) is 0 Å². The van der Waals surface area contributed by atoms with Gasteiger partial charge in [-0.25, -0.2) is 4.98 Å². The Morgan fingerprint density at radius 1 is 1.25 bits per heavy atom. The predicted octanol–water partition coefficient (Wildman–Crippen LogP) is 4.93. The fourth-order valence-corrected chi connectivity index (χ4v) is 3.90. The van der Waals surface area contributed by atoms with Gasteiger partial charge in [-0.3, -0.25) is 4.98 Å². The van der Waals surface area contributed by atoms with E-state index in [-0.39, 0.29) is 6.10 Å². The van der Waals surface area contributed by atoms with E-state index in [1.54, 1.807) is 7.11 Å². The van der Waals surface area contributed by atoms with Crippen molar-refractivity contribution >= 4 is 11.6 Å². The van der Waals surface area contributed by atoms with Crippen molar-refractivity contribution in [3.8, 4) is 28.4 Å². The van der Waals surface area contributed by atoms with Crippen molar-refractivity contribution in [3.63, 3.8) is 0 Å². The lowest BCUT2D eigenvalue weighted by molar-refractivity contribution is 0.0507. The summed E-state index contributed by atoms with van der Waals surface area (Å²) in [6.45, 7) is 5.64. The zero-order chi connectivity index (χ0) is 19.7. The van der Waals surface area contributed by atoms with E-state index in [4.69, 9.17) is 26.1 Å². The van der Waals surface area contributed by atoms with Crippen LogP contribution in [0.25, 0.3) is 22.6 Å². The van der Waals surface area contributed by atoms with Crippen LogP contribution in [0.15, 0.2) is 36.5 Å². The van der Waals surface area contributed by atoms with Crippen LogP contribution in [-0.4, -0.2) is 34.4 Å². The molecular formula is C22H24ClN3O2. The molecular weight excluding hydrogens is 374 g/mol. The molecule has 4 rings (SSSR count). The Labute approximate surface area is 170 Å². The van der Waals surface area contributed by atoms with Gasteiger partial charge in [-0.15, -0.1) is 0 Å². The maximum atomic E-state index is 6.24. The van der Waals surface area contributed by atoms with E-state index in [2.05, 4.69) is 22.5 Å². The lowest BCUT2D eigenvalue weighted by Gasteiger charge is -2.15. The first-order valence-electron chi connectivity index (χ1n) is 9.58. The molecule has 0 radical (unpaired) electrons. The molecule has 0 spiro atoms. The molecule has 28 heavy (non-hydrogen) atoms. The SMILES string of the molecule is CC[C@@H]1Cn2c(-c3ccc(Cl)c(OC)c3)nc(-c3ccnc(C)c3)c2CCO1. The molecule has 1 aromatic carbocycles. The van der Waals surface area contributed by atoms with Crippen LogP contribution in [0, 0.1) is 6.92 Å². The first-order chi connectivity index (χ1) is 13.6. The van der Waals surface area contributed by atoms with E-state index in [1.807, 2.05) is 37.4 Å². The molecule has 146 valence electrons. The Bertz CT molecular complexity index is 999. The minimum absolute atomic E-state index is 0.176. The first-order valence-corrected chi connectivity index (χ1v) is 9.96. The summed E-state index contributed by atoms with van der Waals surface area (Å²) < 4.78 is 13.8. The number of aromatic nitrogens is 3. The average Bonchev–Trinajstić information content (AvgIpc) is 2.91. The minimum Gasteiger partial charge on any atom is -0.495 e. The molecule has 1 aliphatic rings. The molecule has 1 aliphatic heterocycles. The maximum absolute atomic E-state index is 6.24. The summed E-state index contributed by atoms with van der Waals surface area (Å²) in [6.07, 6.45) is 3.80. The zero-order valence-electron chi connectivity index (χ0n) is 16.4. The standard InChI is InChI=1S/C22H24ClN3O2/c1-4-17-13-26-19(8-10-28-17)21(15-7-9-24-14(2)11-15)25-22(26)16-5-6-18(23)20(12-16)27-3/h5-7,9,11-12,17H,4,8,10,13H2,1-3H3/t17-/m1/s1. The Balaban J connectivity index is 1.91. The van der Waals surface area contributed by atoms with Crippen molar-refractivity contribution in [3.05, 3.63) is 52.9 Å². The Morgan fingerprint density at radius 2 is 2.11 bits per heavy atom. The summed E-state index contributed by atoms with van der Waals surface area (Å²) in [5.74, 6) is 1.56. The van der Waals surface area contributed by atoms with Gasteiger partial charge in [0.2, 0.25) is 0 Å². The molecule has 0 N–H and O–H groups in total. The first kappa shape index (κ1) is 19.0. The number of benzene rings is 1. The van der Waals surface area contributed by atoms with Crippen LogP contribution in [0.1, 0.15) is 24.7 Å². The second-order valence-corrected chi connectivity index (χ2v) is 7.43. The smallest absolute Gasteiger partial charge is 0.141 e. The Kier molecular flexibility index (Phi) is 5.38. The summed E-state index contributed by atoms with van der Waals surface area (Å²) in [5, 5.41) is 0.591. The summed E-state index contributed by atoms with van der Waals surface area (Å²) in [7, 11) is 1.63.